The molecule has 1 amide bonds. The van der Waals surface area contributed by atoms with E-state index in [0.29, 0.717) is 10.6 Å². The van der Waals surface area contributed by atoms with Gasteiger partial charge in [0.25, 0.3) is 5.91 Å². The lowest BCUT2D eigenvalue weighted by molar-refractivity contribution is -0.150. The summed E-state index contributed by atoms with van der Waals surface area (Å²) < 4.78 is 4.85. The minimum absolute atomic E-state index is 0.405. The maximum Gasteiger partial charge on any atom is 0.303 e. The number of thiophene rings is 1. The van der Waals surface area contributed by atoms with Crippen molar-refractivity contribution in [3.63, 3.8) is 0 Å². The van der Waals surface area contributed by atoms with Gasteiger partial charge in [0.15, 0.2) is 6.10 Å². The Balaban J connectivity index is 2.19. The summed E-state index contributed by atoms with van der Waals surface area (Å²) in [6.45, 7) is 2.78. The average molecular weight is 306 g/mol. The second-order valence-corrected chi connectivity index (χ2v) is 6.23. The lowest BCUT2D eigenvalue weighted by Gasteiger charge is -2.11. The fourth-order valence-electron chi connectivity index (χ4n) is 2.47. The molecule has 0 saturated heterocycles. The number of esters is 1. The first-order valence-electron chi connectivity index (χ1n) is 7.05. The predicted octanol–water partition coefficient (Wildman–Crippen LogP) is 2.78. The van der Waals surface area contributed by atoms with Gasteiger partial charge in [-0.15, -0.1) is 11.3 Å². The number of anilines is 1. The topological polar surface area (TPSA) is 79.2 Å². The van der Waals surface area contributed by atoms with E-state index < -0.39 is 18.0 Å². The Morgan fingerprint density at radius 3 is 2.71 bits per heavy atom. The smallest absolute Gasteiger partial charge is 0.303 e. The standard InChI is InChI=1S/C15H18N2O3S/c1-9(20-10(2)18)14(19)17-15-12(8-16)11-6-4-3-5-7-13(11)21-15/h9H,3-7H2,1-2H3,(H,17,19)/t9-/m0/s1. The van der Waals surface area contributed by atoms with Crippen molar-refractivity contribution < 1.29 is 14.3 Å². The number of ether oxygens (including phenoxy) is 1. The highest BCUT2D eigenvalue weighted by atomic mass is 32.1. The number of fused-ring (bicyclic) bond motifs is 1. The molecule has 5 nitrogen and oxygen atoms in total. The SMILES string of the molecule is CC(=O)O[C@@H](C)C(=O)Nc1sc2c(c1C#N)CCCCC2. The van der Waals surface area contributed by atoms with Crippen LogP contribution in [0.1, 0.15) is 49.1 Å². The number of nitrogens with one attached hydrogen (secondary N) is 1. The van der Waals surface area contributed by atoms with Crippen LogP contribution in [0.5, 0.6) is 0 Å². The molecule has 1 aromatic heterocycles. The molecule has 112 valence electrons. The van der Waals surface area contributed by atoms with E-state index in [1.54, 1.807) is 0 Å². The number of hydrogen-bond donors (Lipinski definition) is 1. The Bertz CT molecular complexity index is 601. The first-order chi connectivity index (χ1) is 10.0. The highest BCUT2D eigenvalue weighted by Gasteiger charge is 2.23. The number of rotatable bonds is 3. The van der Waals surface area contributed by atoms with Crippen molar-refractivity contribution in [3.05, 3.63) is 16.0 Å². The lowest BCUT2D eigenvalue weighted by Crippen LogP contribution is -2.29. The molecule has 1 aromatic rings. The summed E-state index contributed by atoms with van der Waals surface area (Å²) in [5.41, 5.74) is 1.65. The average Bonchev–Trinajstić information content (AvgIpc) is 2.58. The summed E-state index contributed by atoms with van der Waals surface area (Å²) in [6.07, 6.45) is 4.37. The molecule has 0 bridgehead atoms. The van der Waals surface area contributed by atoms with Gasteiger partial charge in [0.1, 0.15) is 11.1 Å². The quantitative estimate of drug-likeness (QED) is 0.688. The first kappa shape index (κ1) is 15.5. The maximum absolute atomic E-state index is 12.0. The Labute approximate surface area is 127 Å². The van der Waals surface area contributed by atoms with Gasteiger partial charge in [-0.2, -0.15) is 5.26 Å². The van der Waals surface area contributed by atoms with Crippen LogP contribution in [0, 0.1) is 11.3 Å². The zero-order valence-electron chi connectivity index (χ0n) is 12.2. The van der Waals surface area contributed by atoms with E-state index in [9.17, 15) is 14.9 Å². The molecule has 0 aromatic carbocycles. The van der Waals surface area contributed by atoms with Crippen molar-refractivity contribution in [1.29, 1.82) is 5.26 Å². The van der Waals surface area contributed by atoms with Crippen molar-refractivity contribution in [2.24, 2.45) is 0 Å². The third kappa shape index (κ3) is 3.61. The summed E-state index contributed by atoms with van der Waals surface area (Å²) in [5, 5.41) is 12.7. The number of nitriles is 1. The van der Waals surface area contributed by atoms with Gasteiger partial charge >= 0.3 is 5.97 Å². The molecule has 0 fully saturated rings. The summed E-state index contributed by atoms with van der Waals surface area (Å²) in [7, 11) is 0. The monoisotopic (exact) mass is 306 g/mol. The fourth-order valence-corrected chi connectivity index (χ4v) is 3.71. The fraction of sp³-hybridized carbons (Fsp3) is 0.533. The number of carbonyl (C=O) groups excluding carboxylic acids is 2. The Morgan fingerprint density at radius 1 is 1.33 bits per heavy atom. The van der Waals surface area contributed by atoms with Crippen LogP contribution in [-0.4, -0.2) is 18.0 Å². The van der Waals surface area contributed by atoms with Crippen LogP contribution >= 0.6 is 11.3 Å². The molecular weight excluding hydrogens is 288 g/mol. The summed E-state index contributed by atoms with van der Waals surface area (Å²) in [6, 6.07) is 2.20. The Morgan fingerprint density at radius 2 is 2.05 bits per heavy atom. The highest BCUT2D eigenvalue weighted by molar-refractivity contribution is 7.16. The molecule has 1 heterocycles. The van der Waals surface area contributed by atoms with Gasteiger partial charge in [0, 0.05) is 11.8 Å². The molecule has 0 unspecified atom stereocenters. The van der Waals surface area contributed by atoms with Crippen molar-refractivity contribution in [3.8, 4) is 6.07 Å². The molecule has 1 aliphatic carbocycles. The molecule has 21 heavy (non-hydrogen) atoms. The van der Waals surface area contributed by atoms with E-state index in [0.717, 1.165) is 31.2 Å². The van der Waals surface area contributed by atoms with Gasteiger partial charge in [-0.3, -0.25) is 9.59 Å². The molecule has 0 saturated carbocycles. The zero-order valence-corrected chi connectivity index (χ0v) is 13.0. The molecule has 1 N–H and O–H groups in total. The van der Waals surface area contributed by atoms with Crippen molar-refractivity contribution in [2.45, 2.75) is 52.1 Å². The second kappa shape index (κ2) is 6.72. The van der Waals surface area contributed by atoms with Crippen LogP contribution < -0.4 is 5.32 Å². The number of hydrogen-bond acceptors (Lipinski definition) is 5. The molecule has 0 spiro atoms. The van der Waals surface area contributed by atoms with Gasteiger partial charge in [0.2, 0.25) is 0 Å². The third-order valence-electron chi connectivity index (χ3n) is 3.48. The van der Waals surface area contributed by atoms with Crippen LogP contribution in [-0.2, 0) is 27.2 Å². The van der Waals surface area contributed by atoms with Gasteiger partial charge in [-0.25, -0.2) is 0 Å². The summed E-state index contributed by atoms with van der Waals surface area (Å²) in [4.78, 5) is 24.1. The Hall–Kier alpha value is -1.87. The minimum Gasteiger partial charge on any atom is -0.453 e. The van der Waals surface area contributed by atoms with Gasteiger partial charge in [-0.05, 0) is 38.2 Å². The molecule has 1 atom stereocenters. The molecule has 0 aliphatic heterocycles. The molecular formula is C15H18N2O3S. The van der Waals surface area contributed by atoms with Gasteiger partial charge in [-0.1, -0.05) is 6.42 Å². The van der Waals surface area contributed by atoms with Crippen LogP contribution in [0.3, 0.4) is 0 Å². The van der Waals surface area contributed by atoms with Gasteiger partial charge in [0.05, 0.1) is 5.56 Å². The van der Waals surface area contributed by atoms with Crippen LogP contribution in [0.2, 0.25) is 0 Å². The number of nitrogens with zero attached hydrogens (tertiary/aromatic N) is 1. The molecule has 6 heteroatoms. The predicted molar refractivity (Wildman–Crippen MR) is 80.2 cm³/mol. The number of amides is 1. The van der Waals surface area contributed by atoms with E-state index in [1.807, 2.05) is 0 Å². The van der Waals surface area contributed by atoms with Gasteiger partial charge < -0.3 is 10.1 Å². The highest BCUT2D eigenvalue weighted by Crippen LogP contribution is 2.37. The van der Waals surface area contributed by atoms with E-state index in [-0.39, 0.29) is 0 Å². The normalized spacial score (nSPS) is 15.3. The van der Waals surface area contributed by atoms with Crippen molar-refractivity contribution in [1.82, 2.24) is 0 Å². The molecule has 0 radical (unpaired) electrons. The lowest BCUT2D eigenvalue weighted by atomic mass is 10.1. The van der Waals surface area contributed by atoms with Crippen LogP contribution in [0.15, 0.2) is 0 Å². The van der Waals surface area contributed by atoms with E-state index in [2.05, 4.69) is 11.4 Å². The van der Waals surface area contributed by atoms with Crippen molar-refractivity contribution in [2.75, 3.05) is 5.32 Å². The zero-order chi connectivity index (χ0) is 15.4. The van der Waals surface area contributed by atoms with Crippen LogP contribution in [0.25, 0.3) is 0 Å². The molecule has 1 aliphatic rings. The second-order valence-electron chi connectivity index (χ2n) is 5.12. The molecule has 2 rings (SSSR count). The minimum atomic E-state index is -0.865. The van der Waals surface area contributed by atoms with E-state index in [4.69, 9.17) is 4.74 Å². The van der Waals surface area contributed by atoms with Crippen LogP contribution in [0.4, 0.5) is 5.00 Å². The largest absolute Gasteiger partial charge is 0.453 e. The third-order valence-corrected chi connectivity index (χ3v) is 4.69. The summed E-state index contributed by atoms with van der Waals surface area (Å²) >= 11 is 1.47. The van der Waals surface area contributed by atoms with Crippen molar-refractivity contribution >= 4 is 28.2 Å². The number of aryl methyl sites for hydroxylation is 1. The first-order valence-corrected chi connectivity index (χ1v) is 7.87. The maximum atomic E-state index is 12.0. The summed E-state index contributed by atoms with van der Waals surface area (Å²) in [5.74, 6) is -0.904. The number of carbonyl (C=O) groups is 2. The van der Waals surface area contributed by atoms with E-state index >= 15 is 0 Å². The Kier molecular flexibility index (Phi) is 4.97. The van der Waals surface area contributed by atoms with E-state index in [1.165, 1.54) is 36.5 Å².